The first-order chi connectivity index (χ1) is 18.4. The molecule has 0 atom stereocenters. The van der Waals surface area contributed by atoms with Crippen molar-refractivity contribution in [3.63, 3.8) is 0 Å². The number of anilines is 1. The zero-order chi connectivity index (χ0) is 26.8. The highest BCUT2D eigenvalue weighted by atomic mass is 16.5. The van der Waals surface area contributed by atoms with Gasteiger partial charge in [-0.05, 0) is 61.2 Å². The van der Waals surface area contributed by atoms with Crippen molar-refractivity contribution in [1.29, 1.82) is 0 Å². The van der Waals surface area contributed by atoms with Crippen molar-refractivity contribution in [3.8, 4) is 5.75 Å². The van der Waals surface area contributed by atoms with Crippen LogP contribution in [0.25, 0.3) is 17.0 Å². The van der Waals surface area contributed by atoms with E-state index in [9.17, 15) is 14.4 Å². The number of amides is 4. The van der Waals surface area contributed by atoms with Crippen LogP contribution < -0.4 is 15.0 Å². The Morgan fingerprint density at radius 1 is 0.895 bits per heavy atom. The molecule has 0 unspecified atom stereocenters. The second kappa shape index (κ2) is 10.4. The lowest BCUT2D eigenvalue weighted by Gasteiger charge is -2.26. The fourth-order valence-corrected chi connectivity index (χ4v) is 4.78. The summed E-state index contributed by atoms with van der Waals surface area (Å²) < 4.78 is 8.15. The summed E-state index contributed by atoms with van der Waals surface area (Å²) in [5, 5.41) is 3.20. The predicted molar refractivity (Wildman–Crippen MR) is 148 cm³/mol. The molecule has 1 aromatic heterocycles. The van der Waals surface area contributed by atoms with Gasteiger partial charge >= 0.3 is 6.03 Å². The first-order valence-electron chi connectivity index (χ1n) is 12.6. The molecule has 0 saturated carbocycles. The monoisotopic (exact) mass is 507 g/mol. The predicted octanol–water partition coefficient (Wildman–Crippen LogP) is 5.57. The number of imide groups is 2. The Kier molecular flexibility index (Phi) is 6.83. The fraction of sp³-hybridized carbons (Fsp3) is 0.194. The fourth-order valence-electron chi connectivity index (χ4n) is 4.78. The van der Waals surface area contributed by atoms with Crippen molar-refractivity contribution < 1.29 is 19.1 Å². The summed E-state index contributed by atoms with van der Waals surface area (Å²) in [6.07, 6.45) is 4.30. The Morgan fingerprint density at radius 3 is 2.32 bits per heavy atom. The maximum Gasteiger partial charge on any atom is 0.335 e. The SMILES string of the molecule is CCc1ccc(N2C(=O)NC(=O)C(=Cc3cn(CCOc4c(C)cccc4C)c4ccccc34)C2=O)cc1. The summed E-state index contributed by atoms with van der Waals surface area (Å²) in [7, 11) is 0. The summed E-state index contributed by atoms with van der Waals surface area (Å²) in [4.78, 5) is 39.7. The van der Waals surface area contributed by atoms with Crippen LogP contribution in [0.15, 0.2) is 78.5 Å². The Labute approximate surface area is 221 Å². The van der Waals surface area contributed by atoms with E-state index in [1.165, 1.54) is 0 Å². The lowest BCUT2D eigenvalue weighted by molar-refractivity contribution is -0.122. The molecular weight excluding hydrogens is 478 g/mol. The highest BCUT2D eigenvalue weighted by Gasteiger charge is 2.37. The van der Waals surface area contributed by atoms with Crippen molar-refractivity contribution in [2.24, 2.45) is 0 Å². The molecule has 0 spiro atoms. The molecule has 7 heteroatoms. The summed E-state index contributed by atoms with van der Waals surface area (Å²) in [5.41, 5.74) is 5.22. The first-order valence-corrected chi connectivity index (χ1v) is 12.6. The highest BCUT2D eigenvalue weighted by Crippen LogP contribution is 2.27. The second-order valence-electron chi connectivity index (χ2n) is 9.34. The van der Waals surface area contributed by atoms with Gasteiger partial charge in [-0.15, -0.1) is 0 Å². The minimum Gasteiger partial charge on any atom is -0.491 e. The number of fused-ring (bicyclic) bond motifs is 1. The number of aryl methyl sites for hydroxylation is 3. The van der Waals surface area contributed by atoms with Gasteiger partial charge in [0.15, 0.2) is 0 Å². The number of hydrogen-bond acceptors (Lipinski definition) is 4. The average Bonchev–Trinajstić information content (AvgIpc) is 3.26. The van der Waals surface area contributed by atoms with Gasteiger partial charge in [-0.1, -0.05) is 55.5 Å². The maximum atomic E-state index is 13.4. The number of ether oxygens (including phenoxy) is 1. The number of barbiturate groups is 1. The van der Waals surface area contributed by atoms with E-state index in [1.807, 2.05) is 86.1 Å². The molecule has 3 aromatic carbocycles. The Balaban J connectivity index is 1.45. The second-order valence-corrected chi connectivity index (χ2v) is 9.34. The van der Waals surface area contributed by atoms with Crippen LogP contribution in [0.4, 0.5) is 10.5 Å². The smallest absolute Gasteiger partial charge is 0.335 e. The van der Waals surface area contributed by atoms with E-state index in [0.29, 0.717) is 24.4 Å². The van der Waals surface area contributed by atoms with E-state index in [4.69, 9.17) is 4.74 Å². The van der Waals surface area contributed by atoms with Crippen LogP contribution >= 0.6 is 0 Å². The number of urea groups is 1. The number of hydrogen-bond donors (Lipinski definition) is 1. The molecule has 1 saturated heterocycles. The van der Waals surface area contributed by atoms with Gasteiger partial charge in [0.05, 0.1) is 12.2 Å². The molecule has 1 aliphatic rings. The van der Waals surface area contributed by atoms with E-state index >= 15 is 0 Å². The molecule has 2 heterocycles. The van der Waals surface area contributed by atoms with E-state index in [0.717, 1.165) is 44.7 Å². The summed E-state index contributed by atoms with van der Waals surface area (Å²) in [5.74, 6) is -0.484. The van der Waals surface area contributed by atoms with Crippen LogP contribution in [0.3, 0.4) is 0 Å². The normalized spacial score (nSPS) is 14.9. The van der Waals surface area contributed by atoms with Crippen LogP contribution in [-0.4, -0.2) is 29.0 Å². The zero-order valence-electron chi connectivity index (χ0n) is 21.7. The number of nitrogens with zero attached hydrogens (tertiary/aromatic N) is 2. The standard InChI is InChI=1S/C31H29N3O4/c1-4-22-12-14-24(15-13-22)34-30(36)26(29(35)32-31(34)37)18-23-19-33(27-11-6-5-10-25(23)27)16-17-38-28-20(2)8-7-9-21(28)3/h5-15,18-19H,4,16-17H2,1-3H3,(H,32,35,37). The Hall–Kier alpha value is -4.65. The minimum atomic E-state index is -0.757. The molecule has 4 amide bonds. The minimum absolute atomic E-state index is 0.0983. The number of carbonyl (C=O) groups is 3. The number of nitrogens with one attached hydrogen (secondary N) is 1. The van der Waals surface area contributed by atoms with Gasteiger partial charge in [-0.25, -0.2) is 9.69 Å². The van der Waals surface area contributed by atoms with Gasteiger partial charge < -0.3 is 9.30 Å². The lowest BCUT2D eigenvalue weighted by atomic mass is 10.1. The third kappa shape index (κ3) is 4.70. The summed E-state index contributed by atoms with van der Waals surface area (Å²) >= 11 is 0. The molecule has 0 bridgehead atoms. The summed E-state index contributed by atoms with van der Waals surface area (Å²) in [6, 6.07) is 20.3. The van der Waals surface area contributed by atoms with Gasteiger partial charge in [0, 0.05) is 22.7 Å². The van der Waals surface area contributed by atoms with E-state index in [2.05, 4.69) is 5.32 Å². The van der Waals surface area contributed by atoms with E-state index in [1.54, 1.807) is 18.2 Å². The van der Waals surface area contributed by atoms with Crippen molar-refractivity contribution in [2.45, 2.75) is 33.7 Å². The maximum absolute atomic E-state index is 13.4. The Morgan fingerprint density at radius 2 is 1.61 bits per heavy atom. The molecular formula is C31H29N3O4. The van der Waals surface area contributed by atoms with E-state index < -0.39 is 17.8 Å². The third-order valence-corrected chi connectivity index (χ3v) is 6.81. The van der Waals surface area contributed by atoms with Crippen molar-refractivity contribution >= 4 is 40.5 Å². The van der Waals surface area contributed by atoms with Gasteiger partial charge in [-0.2, -0.15) is 0 Å². The molecule has 1 N–H and O–H groups in total. The molecule has 192 valence electrons. The molecule has 4 aromatic rings. The van der Waals surface area contributed by atoms with Crippen LogP contribution in [0.1, 0.15) is 29.2 Å². The van der Waals surface area contributed by atoms with E-state index in [-0.39, 0.29) is 5.57 Å². The number of aromatic nitrogens is 1. The van der Waals surface area contributed by atoms with Gasteiger partial charge in [0.25, 0.3) is 11.8 Å². The average molecular weight is 508 g/mol. The lowest BCUT2D eigenvalue weighted by Crippen LogP contribution is -2.54. The molecule has 0 radical (unpaired) electrons. The quantitative estimate of drug-likeness (QED) is 0.262. The Bertz CT molecular complexity index is 1560. The van der Waals surface area contributed by atoms with Crippen LogP contribution in [0, 0.1) is 13.8 Å². The molecule has 1 aliphatic heterocycles. The van der Waals surface area contributed by atoms with Gasteiger partial charge in [0.1, 0.15) is 17.9 Å². The number of carbonyl (C=O) groups excluding carboxylic acids is 3. The first kappa shape index (κ1) is 25.0. The summed E-state index contributed by atoms with van der Waals surface area (Å²) in [6.45, 7) is 7.10. The van der Waals surface area contributed by atoms with Gasteiger partial charge in [-0.3, -0.25) is 14.9 Å². The molecule has 0 aliphatic carbocycles. The third-order valence-electron chi connectivity index (χ3n) is 6.81. The number of rotatable bonds is 7. The van der Waals surface area contributed by atoms with Crippen molar-refractivity contribution in [3.05, 3.63) is 101 Å². The topological polar surface area (TPSA) is 80.6 Å². The largest absolute Gasteiger partial charge is 0.491 e. The molecule has 5 rings (SSSR count). The number of benzene rings is 3. The van der Waals surface area contributed by atoms with Crippen molar-refractivity contribution in [1.82, 2.24) is 9.88 Å². The van der Waals surface area contributed by atoms with Crippen LogP contribution in [0.5, 0.6) is 5.75 Å². The zero-order valence-corrected chi connectivity index (χ0v) is 21.7. The molecule has 38 heavy (non-hydrogen) atoms. The van der Waals surface area contributed by atoms with Gasteiger partial charge in [0.2, 0.25) is 0 Å². The van der Waals surface area contributed by atoms with Crippen LogP contribution in [0.2, 0.25) is 0 Å². The molecule has 7 nitrogen and oxygen atoms in total. The van der Waals surface area contributed by atoms with Crippen molar-refractivity contribution in [2.75, 3.05) is 11.5 Å². The van der Waals surface area contributed by atoms with Crippen LogP contribution in [-0.2, 0) is 22.6 Å². The number of para-hydroxylation sites is 2. The highest BCUT2D eigenvalue weighted by molar-refractivity contribution is 6.39. The molecule has 1 fully saturated rings.